The molecule has 0 aliphatic carbocycles. The van der Waals surface area contributed by atoms with Crippen LogP contribution in [0.4, 0.5) is 0 Å². The molecule has 1 aliphatic rings. The molecule has 1 rings (SSSR count). The van der Waals surface area contributed by atoms with Crippen LogP contribution in [0, 0.1) is 5.92 Å². The van der Waals surface area contributed by atoms with E-state index in [2.05, 4.69) is 0 Å². The summed E-state index contributed by atoms with van der Waals surface area (Å²) in [5, 5.41) is 8.64. The van der Waals surface area contributed by atoms with Gasteiger partial charge in [-0.25, -0.2) is 0 Å². The maximum atomic E-state index is 10.5. The molecule has 0 saturated carbocycles. The Labute approximate surface area is 83.5 Å². The van der Waals surface area contributed by atoms with Crippen LogP contribution in [0.1, 0.15) is 13.3 Å². The predicted molar refractivity (Wildman–Crippen MR) is 55.2 cm³/mol. The van der Waals surface area contributed by atoms with E-state index in [9.17, 15) is 4.79 Å². The van der Waals surface area contributed by atoms with Crippen molar-refractivity contribution >= 4 is 17.7 Å². The molecule has 0 bridgehead atoms. The summed E-state index contributed by atoms with van der Waals surface area (Å²) >= 11 is 1.98. The molecule has 4 heteroatoms. The van der Waals surface area contributed by atoms with Crippen molar-refractivity contribution in [2.24, 2.45) is 5.92 Å². The molecule has 1 aliphatic heterocycles. The number of carbonyl (C=O) groups is 1. The Morgan fingerprint density at radius 1 is 1.69 bits per heavy atom. The SMILES string of the molecule is CCN(CC(=O)O)CC1CCSC1. The van der Waals surface area contributed by atoms with Gasteiger partial charge in [0.15, 0.2) is 0 Å². The van der Waals surface area contributed by atoms with Gasteiger partial charge in [0, 0.05) is 6.54 Å². The zero-order valence-electron chi connectivity index (χ0n) is 8.03. The Hall–Kier alpha value is -0.220. The van der Waals surface area contributed by atoms with E-state index in [1.165, 1.54) is 17.9 Å². The molecule has 0 spiro atoms. The molecule has 0 aromatic heterocycles. The van der Waals surface area contributed by atoms with Gasteiger partial charge >= 0.3 is 5.97 Å². The maximum Gasteiger partial charge on any atom is 0.317 e. The zero-order chi connectivity index (χ0) is 9.68. The van der Waals surface area contributed by atoms with Crippen molar-refractivity contribution in [3.8, 4) is 0 Å². The van der Waals surface area contributed by atoms with E-state index in [4.69, 9.17) is 5.11 Å². The molecule has 0 radical (unpaired) electrons. The number of hydrogen-bond donors (Lipinski definition) is 1. The van der Waals surface area contributed by atoms with E-state index in [0.717, 1.165) is 13.1 Å². The van der Waals surface area contributed by atoms with E-state index < -0.39 is 5.97 Å². The lowest BCUT2D eigenvalue weighted by atomic mass is 10.1. The number of likely N-dealkylation sites (N-methyl/N-ethyl adjacent to an activating group) is 1. The van der Waals surface area contributed by atoms with Crippen molar-refractivity contribution in [3.63, 3.8) is 0 Å². The third-order valence-electron chi connectivity index (χ3n) is 2.35. The first-order valence-corrected chi connectivity index (χ1v) is 5.89. The highest BCUT2D eigenvalue weighted by Gasteiger charge is 2.19. The highest BCUT2D eigenvalue weighted by atomic mass is 32.2. The number of carboxylic acids is 1. The smallest absolute Gasteiger partial charge is 0.317 e. The topological polar surface area (TPSA) is 40.5 Å². The van der Waals surface area contributed by atoms with E-state index in [-0.39, 0.29) is 6.54 Å². The first-order chi connectivity index (χ1) is 6.22. The second-order valence-corrected chi connectivity index (χ2v) is 4.60. The van der Waals surface area contributed by atoms with Gasteiger partial charge in [-0.05, 0) is 30.4 Å². The highest BCUT2D eigenvalue weighted by Crippen LogP contribution is 2.23. The van der Waals surface area contributed by atoms with Gasteiger partial charge in [-0.3, -0.25) is 9.69 Å². The fourth-order valence-electron chi connectivity index (χ4n) is 1.59. The van der Waals surface area contributed by atoms with E-state index in [1.54, 1.807) is 0 Å². The highest BCUT2D eigenvalue weighted by molar-refractivity contribution is 7.99. The normalized spacial score (nSPS) is 22.5. The molecule has 0 amide bonds. The Kier molecular flexibility index (Phi) is 4.59. The number of nitrogens with zero attached hydrogens (tertiary/aromatic N) is 1. The fourth-order valence-corrected chi connectivity index (χ4v) is 2.86. The third-order valence-corrected chi connectivity index (χ3v) is 3.58. The summed E-state index contributed by atoms with van der Waals surface area (Å²) in [6.07, 6.45) is 1.25. The van der Waals surface area contributed by atoms with E-state index in [1.807, 2.05) is 23.6 Å². The number of thioether (sulfide) groups is 1. The number of rotatable bonds is 5. The van der Waals surface area contributed by atoms with Gasteiger partial charge in [-0.15, -0.1) is 0 Å². The van der Waals surface area contributed by atoms with Gasteiger partial charge in [0.1, 0.15) is 0 Å². The molecule has 1 fully saturated rings. The lowest BCUT2D eigenvalue weighted by Crippen LogP contribution is -2.34. The quantitative estimate of drug-likeness (QED) is 0.727. The van der Waals surface area contributed by atoms with Crippen LogP contribution in [0.25, 0.3) is 0 Å². The van der Waals surface area contributed by atoms with Gasteiger partial charge in [0.2, 0.25) is 0 Å². The minimum atomic E-state index is -0.715. The van der Waals surface area contributed by atoms with Crippen molar-refractivity contribution in [2.45, 2.75) is 13.3 Å². The molecular weight excluding hydrogens is 186 g/mol. The molecule has 1 unspecified atom stereocenters. The summed E-state index contributed by atoms with van der Waals surface area (Å²) in [7, 11) is 0. The first-order valence-electron chi connectivity index (χ1n) is 4.74. The van der Waals surface area contributed by atoms with Crippen LogP contribution in [-0.2, 0) is 4.79 Å². The largest absolute Gasteiger partial charge is 0.480 e. The van der Waals surface area contributed by atoms with Crippen molar-refractivity contribution in [3.05, 3.63) is 0 Å². The van der Waals surface area contributed by atoms with Crippen LogP contribution in [0.5, 0.6) is 0 Å². The van der Waals surface area contributed by atoms with Gasteiger partial charge in [-0.2, -0.15) is 11.8 Å². The molecule has 3 nitrogen and oxygen atoms in total. The molecule has 13 heavy (non-hydrogen) atoms. The summed E-state index contributed by atoms with van der Waals surface area (Å²) in [6.45, 7) is 4.01. The molecule has 1 N–H and O–H groups in total. The first kappa shape index (κ1) is 10.9. The van der Waals surface area contributed by atoms with Gasteiger partial charge in [-0.1, -0.05) is 6.92 Å². The number of aliphatic carboxylic acids is 1. The second-order valence-electron chi connectivity index (χ2n) is 3.45. The molecule has 0 aromatic carbocycles. The second kappa shape index (κ2) is 5.50. The lowest BCUT2D eigenvalue weighted by molar-refractivity contribution is -0.138. The lowest BCUT2D eigenvalue weighted by Gasteiger charge is -2.21. The van der Waals surface area contributed by atoms with Gasteiger partial charge in [0.25, 0.3) is 0 Å². The standard InChI is InChI=1S/C9H17NO2S/c1-2-10(6-9(11)12)5-8-3-4-13-7-8/h8H,2-7H2,1H3,(H,11,12). The number of carboxylic acid groups (broad SMARTS) is 1. The predicted octanol–water partition coefficient (Wildman–Crippen LogP) is 1.15. The van der Waals surface area contributed by atoms with Crippen LogP contribution >= 0.6 is 11.8 Å². The molecule has 1 heterocycles. The van der Waals surface area contributed by atoms with Crippen LogP contribution in [-0.4, -0.2) is 47.1 Å². The monoisotopic (exact) mass is 203 g/mol. The Balaban J connectivity index is 2.25. The average molecular weight is 203 g/mol. The summed E-state index contributed by atoms with van der Waals surface area (Å²) < 4.78 is 0. The van der Waals surface area contributed by atoms with Crippen molar-refractivity contribution in [2.75, 3.05) is 31.1 Å². The molecule has 1 atom stereocenters. The Bertz CT molecular complexity index is 169. The number of hydrogen-bond acceptors (Lipinski definition) is 3. The minimum absolute atomic E-state index is 0.192. The third kappa shape index (κ3) is 4.00. The molecule has 76 valence electrons. The molecule has 1 saturated heterocycles. The summed E-state index contributed by atoms with van der Waals surface area (Å²) in [5.41, 5.74) is 0. The van der Waals surface area contributed by atoms with Crippen LogP contribution in [0.2, 0.25) is 0 Å². The summed E-state index contributed by atoms with van der Waals surface area (Å²) in [5.74, 6) is 2.45. The fraction of sp³-hybridized carbons (Fsp3) is 0.889. The van der Waals surface area contributed by atoms with Crippen LogP contribution in [0.3, 0.4) is 0 Å². The maximum absolute atomic E-state index is 10.5. The summed E-state index contributed by atoms with van der Waals surface area (Å²) in [4.78, 5) is 12.5. The zero-order valence-corrected chi connectivity index (χ0v) is 8.85. The van der Waals surface area contributed by atoms with Gasteiger partial charge in [0.05, 0.1) is 6.54 Å². The minimum Gasteiger partial charge on any atom is -0.480 e. The average Bonchev–Trinajstić information content (AvgIpc) is 2.55. The van der Waals surface area contributed by atoms with E-state index >= 15 is 0 Å². The Morgan fingerprint density at radius 3 is 2.92 bits per heavy atom. The van der Waals surface area contributed by atoms with Crippen LogP contribution in [0.15, 0.2) is 0 Å². The van der Waals surface area contributed by atoms with Crippen molar-refractivity contribution in [1.82, 2.24) is 4.90 Å². The Morgan fingerprint density at radius 2 is 2.46 bits per heavy atom. The molecular formula is C9H17NO2S. The summed E-state index contributed by atoms with van der Waals surface area (Å²) in [6, 6.07) is 0. The van der Waals surface area contributed by atoms with Crippen molar-refractivity contribution in [1.29, 1.82) is 0 Å². The van der Waals surface area contributed by atoms with Crippen LogP contribution < -0.4 is 0 Å². The molecule has 0 aromatic rings. The van der Waals surface area contributed by atoms with Crippen molar-refractivity contribution < 1.29 is 9.90 Å². The van der Waals surface area contributed by atoms with E-state index in [0.29, 0.717) is 5.92 Å². The van der Waals surface area contributed by atoms with Gasteiger partial charge < -0.3 is 5.11 Å².